The Morgan fingerprint density at radius 3 is 2.92 bits per heavy atom. The normalized spacial score (nSPS) is 16.5. The maximum atomic E-state index is 13.2. The van der Waals surface area contributed by atoms with Crippen molar-refractivity contribution in [2.24, 2.45) is 5.92 Å². The first-order chi connectivity index (χ1) is 12.6. The van der Waals surface area contributed by atoms with Crippen LogP contribution in [0.25, 0.3) is 10.2 Å². The lowest BCUT2D eigenvalue weighted by molar-refractivity contribution is 0.397. The molecule has 136 valence electrons. The van der Waals surface area contributed by atoms with Crippen LogP contribution in [0.5, 0.6) is 11.5 Å². The van der Waals surface area contributed by atoms with Crippen LogP contribution in [0.2, 0.25) is 0 Å². The Morgan fingerprint density at radius 1 is 1.31 bits per heavy atom. The number of benzene rings is 1. The van der Waals surface area contributed by atoms with Gasteiger partial charge in [-0.3, -0.25) is 9.36 Å². The highest BCUT2D eigenvalue weighted by atomic mass is 32.1. The Morgan fingerprint density at radius 2 is 2.15 bits per heavy atom. The maximum Gasteiger partial charge on any atom is 0.262 e. The lowest BCUT2D eigenvalue weighted by Gasteiger charge is -2.17. The molecule has 26 heavy (non-hydrogen) atoms. The predicted molar refractivity (Wildman–Crippen MR) is 104 cm³/mol. The molecule has 3 aromatic rings. The molecule has 5 nitrogen and oxygen atoms in total. The van der Waals surface area contributed by atoms with Gasteiger partial charge in [0.15, 0.2) is 0 Å². The maximum absolute atomic E-state index is 13.2. The van der Waals surface area contributed by atoms with E-state index in [0.717, 1.165) is 46.5 Å². The van der Waals surface area contributed by atoms with Gasteiger partial charge in [0, 0.05) is 10.4 Å². The van der Waals surface area contributed by atoms with Crippen LogP contribution >= 0.6 is 11.3 Å². The van der Waals surface area contributed by atoms with E-state index in [-0.39, 0.29) is 5.56 Å². The standard InChI is InChI=1S/C20H22N2O3S/c1-12-4-6-15-17(8-12)26-19-18(15)20(23)22(11-21-19)10-13-9-14(24-2)5-7-16(13)25-3/h5,7,9,11-12H,4,6,8,10H2,1-3H3/t12-/m1/s1. The Labute approximate surface area is 156 Å². The van der Waals surface area contributed by atoms with Crippen molar-refractivity contribution in [1.29, 1.82) is 0 Å². The topological polar surface area (TPSA) is 53.4 Å². The zero-order valence-electron chi connectivity index (χ0n) is 15.2. The molecule has 0 saturated carbocycles. The molecule has 0 saturated heterocycles. The minimum Gasteiger partial charge on any atom is -0.497 e. The summed E-state index contributed by atoms with van der Waals surface area (Å²) in [6.45, 7) is 2.68. The lowest BCUT2D eigenvalue weighted by atomic mass is 9.89. The van der Waals surface area contributed by atoms with Gasteiger partial charge >= 0.3 is 0 Å². The molecule has 2 heterocycles. The van der Waals surface area contributed by atoms with Crippen LogP contribution in [0.3, 0.4) is 0 Å². The van der Waals surface area contributed by atoms with Crippen LogP contribution in [0.4, 0.5) is 0 Å². The Bertz CT molecular complexity index is 1020. The van der Waals surface area contributed by atoms with Crippen LogP contribution in [-0.4, -0.2) is 23.8 Å². The van der Waals surface area contributed by atoms with E-state index in [1.165, 1.54) is 10.4 Å². The molecule has 1 atom stereocenters. The summed E-state index contributed by atoms with van der Waals surface area (Å²) in [7, 11) is 3.26. The number of aromatic nitrogens is 2. The molecule has 0 radical (unpaired) electrons. The summed E-state index contributed by atoms with van der Waals surface area (Å²) in [5, 5.41) is 0.807. The SMILES string of the molecule is COc1ccc(OC)c(Cn2cnc3sc4c(c3c2=O)CC[C@@H](C)C4)c1. The number of fused-ring (bicyclic) bond motifs is 3. The number of hydrogen-bond donors (Lipinski definition) is 0. The second-order valence-electron chi connectivity index (χ2n) is 6.89. The van der Waals surface area contributed by atoms with Gasteiger partial charge in [-0.05, 0) is 48.9 Å². The van der Waals surface area contributed by atoms with Crippen molar-refractivity contribution >= 4 is 21.6 Å². The number of ether oxygens (including phenoxy) is 2. The molecule has 4 rings (SSSR count). The molecule has 6 heteroatoms. The van der Waals surface area contributed by atoms with Crippen LogP contribution in [0.15, 0.2) is 29.3 Å². The molecule has 0 amide bonds. The van der Waals surface area contributed by atoms with Crippen LogP contribution in [0, 0.1) is 5.92 Å². The van der Waals surface area contributed by atoms with Crippen molar-refractivity contribution < 1.29 is 9.47 Å². The first-order valence-corrected chi connectivity index (χ1v) is 9.63. The second kappa shape index (κ2) is 6.76. The predicted octanol–water partition coefficient (Wildman–Crippen LogP) is 3.65. The van der Waals surface area contributed by atoms with E-state index in [1.807, 2.05) is 18.2 Å². The average Bonchev–Trinajstić information content (AvgIpc) is 3.02. The van der Waals surface area contributed by atoms with Gasteiger partial charge in [0.05, 0.1) is 32.5 Å². The van der Waals surface area contributed by atoms with E-state index in [1.54, 1.807) is 36.5 Å². The fourth-order valence-corrected chi connectivity index (χ4v) is 5.01. The third-order valence-electron chi connectivity index (χ3n) is 5.11. The van der Waals surface area contributed by atoms with Gasteiger partial charge in [0.1, 0.15) is 16.3 Å². The highest BCUT2D eigenvalue weighted by Crippen LogP contribution is 2.35. The summed E-state index contributed by atoms with van der Waals surface area (Å²) >= 11 is 1.68. The zero-order valence-corrected chi connectivity index (χ0v) is 16.1. The average molecular weight is 370 g/mol. The minimum atomic E-state index is 0.0342. The first kappa shape index (κ1) is 17.1. The third kappa shape index (κ3) is 2.88. The number of thiophene rings is 1. The summed E-state index contributed by atoms with van der Waals surface area (Å²) in [5.74, 6) is 2.16. The number of nitrogens with zero attached hydrogens (tertiary/aromatic N) is 2. The van der Waals surface area contributed by atoms with Crippen LogP contribution in [-0.2, 0) is 19.4 Å². The van der Waals surface area contributed by atoms with E-state index < -0.39 is 0 Å². The fourth-order valence-electron chi connectivity index (χ4n) is 3.67. The molecule has 1 aromatic carbocycles. The van der Waals surface area contributed by atoms with Crippen molar-refractivity contribution in [3.63, 3.8) is 0 Å². The van der Waals surface area contributed by atoms with Gasteiger partial charge in [0.2, 0.25) is 0 Å². The lowest BCUT2D eigenvalue weighted by Crippen LogP contribution is -2.22. The smallest absolute Gasteiger partial charge is 0.262 e. The van der Waals surface area contributed by atoms with E-state index in [4.69, 9.17) is 9.47 Å². The Hall–Kier alpha value is -2.34. The number of rotatable bonds is 4. The first-order valence-electron chi connectivity index (χ1n) is 8.81. The van der Waals surface area contributed by atoms with Crippen molar-refractivity contribution in [2.75, 3.05) is 14.2 Å². The Kier molecular flexibility index (Phi) is 4.44. The van der Waals surface area contributed by atoms with Crippen LogP contribution < -0.4 is 15.0 Å². The summed E-state index contributed by atoms with van der Waals surface area (Å²) in [5.41, 5.74) is 2.15. The summed E-state index contributed by atoms with van der Waals surface area (Å²) in [4.78, 5) is 19.9. The molecule has 0 aliphatic heterocycles. The third-order valence-corrected chi connectivity index (χ3v) is 6.27. The molecule has 2 aromatic heterocycles. The van der Waals surface area contributed by atoms with Crippen molar-refractivity contribution in [1.82, 2.24) is 9.55 Å². The van der Waals surface area contributed by atoms with Gasteiger partial charge in [0.25, 0.3) is 5.56 Å². The second-order valence-corrected chi connectivity index (χ2v) is 7.97. The molecule has 1 aliphatic rings. The summed E-state index contributed by atoms with van der Waals surface area (Å²) in [6, 6.07) is 5.61. The van der Waals surface area contributed by atoms with Gasteiger partial charge in [-0.1, -0.05) is 6.92 Å². The van der Waals surface area contributed by atoms with Crippen molar-refractivity contribution in [3.8, 4) is 11.5 Å². The molecule has 0 bridgehead atoms. The van der Waals surface area contributed by atoms with Gasteiger partial charge in [-0.15, -0.1) is 11.3 Å². The van der Waals surface area contributed by atoms with Gasteiger partial charge < -0.3 is 9.47 Å². The van der Waals surface area contributed by atoms with E-state index in [0.29, 0.717) is 12.5 Å². The highest BCUT2D eigenvalue weighted by Gasteiger charge is 2.23. The van der Waals surface area contributed by atoms with Crippen LogP contribution in [0.1, 0.15) is 29.3 Å². The minimum absolute atomic E-state index is 0.0342. The van der Waals surface area contributed by atoms with E-state index in [2.05, 4.69) is 11.9 Å². The van der Waals surface area contributed by atoms with Crippen molar-refractivity contribution in [3.05, 3.63) is 50.9 Å². The summed E-state index contributed by atoms with van der Waals surface area (Å²) in [6.07, 6.45) is 4.81. The molecule has 0 fully saturated rings. The molecular formula is C20H22N2O3S. The molecule has 0 N–H and O–H groups in total. The highest BCUT2D eigenvalue weighted by molar-refractivity contribution is 7.18. The molecule has 0 spiro atoms. The van der Waals surface area contributed by atoms with Gasteiger partial charge in [-0.2, -0.15) is 0 Å². The zero-order chi connectivity index (χ0) is 18.3. The molecular weight excluding hydrogens is 348 g/mol. The number of hydrogen-bond acceptors (Lipinski definition) is 5. The Balaban J connectivity index is 1.79. The number of aryl methyl sites for hydroxylation is 1. The van der Waals surface area contributed by atoms with E-state index in [9.17, 15) is 4.79 Å². The van der Waals surface area contributed by atoms with Crippen molar-refractivity contribution in [2.45, 2.75) is 32.7 Å². The largest absolute Gasteiger partial charge is 0.497 e. The quantitative estimate of drug-likeness (QED) is 0.703. The monoisotopic (exact) mass is 370 g/mol. The molecule has 0 unspecified atom stereocenters. The van der Waals surface area contributed by atoms with Gasteiger partial charge in [-0.25, -0.2) is 4.98 Å². The van der Waals surface area contributed by atoms with E-state index >= 15 is 0 Å². The fraction of sp³-hybridized carbons (Fsp3) is 0.400. The number of methoxy groups -OCH3 is 2. The summed E-state index contributed by atoms with van der Waals surface area (Å²) < 4.78 is 12.4. The molecule has 1 aliphatic carbocycles.